The van der Waals surface area contributed by atoms with Crippen molar-refractivity contribution in [2.75, 3.05) is 13.6 Å². The lowest BCUT2D eigenvalue weighted by molar-refractivity contribution is 0.0931. The average molecular weight is 200 g/mol. The molecule has 3 nitrogen and oxygen atoms in total. The minimum Gasteiger partial charge on any atom is -0.375 e. The summed E-state index contributed by atoms with van der Waals surface area (Å²) in [6, 6.07) is 0. The van der Waals surface area contributed by atoms with Crippen molar-refractivity contribution in [1.29, 1.82) is 0 Å². The molecule has 2 fully saturated rings. The smallest absolute Gasteiger partial charge is 0.166 e. The zero-order valence-electron chi connectivity index (χ0n) is 7.88. The lowest BCUT2D eigenvalue weighted by atomic mass is 9.89. The van der Waals surface area contributed by atoms with Crippen molar-refractivity contribution in [3.63, 3.8) is 0 Å². The highest BCUT2D eigenvalue weighted by molar-refractivity contribution is 7.80. The van der Waals surface area contributed by atoms with E-state index < -0.39 is 0 Å². The summed E-state index contributed by atoms with van der Waals surface area (Å²) in [5.41, 5.74) is 0. The molecule has 13 heavy (non-hydrogen) atoms. The van der Waals surface area contributed by atoms with Gasteiger partial charge in [-0.3, -0.25) is 0 Å². The quantitative estimate of drug-likeness (QED) is 0.641. The van der Waals surface area contributed by atoms with Crippen LogP contribution in [0.2, 0.25) is 0 Å². The van der Waals surface area contributed by atoms with Crippen molar-refractivity contribution >= 4 is 17.3 Å². The maximum atomic E-state index is 5.75. The van der Waals surface area contributed by atoms with E-state index in [0.717, 1.165) is 11.7 Å². The van der Waals surface area contributed by atoms with E-state index in [-0.39, 0.29) is 0 Å². The largest absolute Gasteiger partial charge is 0.375 e. The molecule has 0 aromatic rings. The fraction of sp³-hybridized carbons (Fsp3) is 0.889. The number of hydrogen-bond acceptors (Lipinski definition) is 2. The van der Waals surface area contributed by atoms with Crippen LogP contribution in [0.25, 0.3) is 0 Å². The second-order valence-electron chi connectivity index (χ2n) is 3.83. The Morgan fingerprint density at radius 1 is 1.54 bits per heavy atom. The Morgan fingerprint density at radius 2 is 2.38 bits per heavy atom. The van der Waals surface area contributed by atoms with Crippen LogP contribution in [-0.4, -0.2) is 30.9 Å². The fourth-order valence-electron chi connectivity index (χ4n) is 2.27. The maximum Gasteiger partial charge on any atom is 0.166 e. The van der Waals surface area contributed by atoms with Crippen molar-refractivity contribution in [2.45, 2.75) is 31.5 Å². The number of thiocarbonyl (C=S) groups is 1. The second-order valence-corrected chi connectivity index (χ2v) is 4.24. The summed E-state index contributed by atoms with van der Waals surface area (Å²) in [4.78, 5) is 0. The Kier molecular flexibility index (Phi) is 2.69. The zero-order valence-corrected chi connectivity index (χ0v) is 8.69. The number of ether oxygens (including phenoxy) is 1. The number of rotatable bonds is 2. The van der Waals surface area contributed by atoms with Gasteiger partial charge in [0.05, 0.1) is 12.2 Å². The van der Waals surface area contributed by atoms with Crippen LogP contribution in [0.3, 0.4) is 0 Å². The highest BCUT2D eigenvalue weighted by Crippen LogP contribution is 2.38. The van der Waals surface area contributed by atoms with Gasteiger partial charge >= 0.3 is 0 Å². The van der Waals surface area contributed by atoms with E-state index in [1.807, 2.05) is 7.05 Å². The van der Waals surface area contributed by atoms with Crippen molar-refractivity contribution in [1.82, 2.24) is 10.6 Å². The van der Waals surface area contributed by atoms with Gasteiger partial charge in [0.15, 0.2) is 5.11 Å². The Morgan fingerprint density at radius 3 is 2.92 bits per heavy atom. The summed E-state index contributed by atoms with van der Waals surface area (Å²) in [6.45, 7) is 0.959. The Hall–Kier alpha value is -0.350. The molecule has 0 saturated carbocycles. The van der Waals surface area contributed by atoms with E-state index in [1.54, 1.807) is 0 Å². The van der Waals surface area contributed by atoms with Crippen LogP contribution in [0.15, 0.2) is 0 Å². The van der Waals surface area contributed by atoms with Gasteiger partial charge in [0.1, 0.15) is 0 Å². The van der Waals surface area contributed by atoms with E-state index in [1.165, 1.54) is 19.3 Å². The van der Waals surface area contributed by atoms with Gasteiger partial charge in [-0.15, -0.1) is 0 Å². The van der Waals surface area contributed by atoms with Gasteiger partial charge in [-0.1, -0.05) is 0 Å². The Balaban J connectivity index is 1.74. The molecule has 74 valence electrons. The zero-order chi connectivity index (χ0) is 9.26. The molecule has 4 heteroatoms. The highest BCUT2D eigenvalue weighted by Gasteiger charge is 2.40. The summed E-state index contributed by atoms with van der Waals surface area (Å²) in [5, 5.41) is 6.85. The summed E-state index contributed by atoms with van der Waals surface area (Å²) >= 11 is 5.01. The first-order chi connectivity index (χ1) is 6.29. The fourth-order valence-corrected chi connectivity index (χ4v) is 2.35. The van der Waals surface area contributed by atoms with Crippen LogP contribution < -0.4 is 10.6 Å². The SMILES string of the molecule is CNC(=S)NCC1CC2CCC1O2. The third-order valence-corrected chi connectivity index (χ3v) is 3.33. The molecule has 2 rings (SSSR count). The first kappa shape index (κ1) is 9.21. The van der Waals surface area contributed by atoms with Crippen LogP contribution in [0.5, 0.6) is 0 Å². The standard InChI is InChI=1S/C9H16N2OS/c1-10-9(13)11-5-6-4-7-2-3-8(6)12-7/h6-8H,2-5H2,1H3,(H2,10,11,13). The molecule has 2 saturated heterocycles. The second kappa shape index (κ2) is 3.80. The van der Waals surface area contributed by atoms with Gasteiger partial charge in [-0.25, -0.2) is 0 Å². The normalized spacial score (nSPS) is 36.2. The first-order valence-electron chi connectivity index (χ1n) is 4.90. The molecule has 0 aromatic heterocycles. The minimum absolute atomic E-state index is 0.497. The molecule has 0 aromatic carbocycles. The molecule has 0 amide bonds. The Labute approximate surface area is 84.2 Å². The van der Waals surface area contributed by atoms with Crippen molar-refractivity contribution in [3.05, 3.63) is 0 Å². The van der Waals surface area contributed by atoms with Crippen LogP contribution >= 0.6 is 12.2 Å². The highest BCUT2D eigenvalue weighted by atomic mass is 32.1. The van der Waals surface area contributed by atoms with E-state index in [9.17, 15) is 0 Å². The molecule has 2 aliphatic rings. The van der Waals surface area contributed by atoms with E-state index in [4.69, 9.17) is 17.0 Å². The van der Waals surface area contributed by atoms with Crippen molar-refractivity contribution in [3.8, 4) is 0 Å². The van der Waals surface area contributed by atoms with E-state index in [0.29, 0.717) is 18.1 Å². The van der Waals surface area contributed by atoms with Gasteiger partial charge in [0.25, 0.3) is 0 Å². The molecule has 0 aliphatic carbocycles. The molecule has 0 radical (unpaired) electrons. The van der Waals surface area contributed by atoms with E-state index >= 15 is 0 Å². The van der Waals surface area contributed by atoms with Gasteiger partial charge in [0.2, 0.25) is 0 Å². The van der Waals surface area contributed by atoms with Gasteiger partial charge in [0, 0.05) is 19.5 Å². The van der Waals surface area contributed by atoms with Crippen LogP contribution in [0, 0.1) is 5.92 Å². The third-order valence-electron chi connectivity index (χ3n) is 2.98. The monoisotopic (exact) mass is 200 g/mol. The lowest BCUT2D eigenvalue weighted by Crippen LogP contribution is -2.38. The number of hydrogen-bond donors (Lipinski definition) is 2. The van der Waals surface area contributed by atoms with E-state index in [2.05, 4.69) is 10.6 Å². The van der Waals surface area contributed by atoms with Gasteiger partial charge in [-0.05, 0) is 31.5 Å². The summed E-state index contributed by atoms with van der Waals surface area (Å²) in [6.07, 6.45) is 4.75. The Bertz CT molecular complexity index is 210. The first-order valence-corrected chi connectivity index (χ1v) is 5.31. The van der Waals surface area contributed by atoms with Crippen molar-refractivity contribution in [2.24, 2.45) is 5.92 Å². The third kappa shape index (κ3) is 1.94. The number of nitrogens with one attached hydrogen (secondary N) is 2. The lowest BCUT2D eigenvalue weighted by Gasteiger charge is -2.19. The summed E-state index contributed by atoms with van der Waals surface area (Å²) < 4.78 is 5.75. The molecule has 3 atom stereocenters. The van der Waals surface area contributed by atoms with Crippen molar-refractivity contribution < 1.29 is 4.74 Å². The molecule has 3 unspecified atom stereocenters. The predicted octanol–water partition coefficient (Wildman–Crippen LogP) is 0.648. The molecule has 0 spiro atoms. The molecule has 2 N–H and O–H groups in total. The van der Waals surface area contributed by atoms with Gasteiger partial charge in [-0.2, -0.15) is 0 Å². The molecule has 2 aliphatic heterocycles. The summed E-state index contributed by atoms with van der Waals surface area (Å²) in [7, 11) is 1.84. The topological polar surface area (TPSA) is 33.3 Å². The van der Waals surface area contributed by atoms with Crippen LogP contribution in [0.4, 0.5) is 0 Å². The van der Waals surface area contributed by atoms with Crippen LogP contribution in [0.1, 0.15) is 19.3 Å². The predicted molar refractivity (Wildman–Crippen MR) is 55.7 cm³/mol. The molecule has 2 heterocycles. The molecule has 2 bridgehead atoms. The van der Waals surface area contributed by atoms with Gasteiger partial charge < -0.3 is 15.4 Å². The molecular formula is C9H16N2OS. The summed E-state index contributed by atoms with van der Waals surface area (Å²) in [5.74, 6) is 0.671. The van der Waals surface area contributed by atoms with Crippen LogP contribution in [-0.2, 0) is 4.74 Å². The maximum absolute atomic E-state index is 5.75. The average Bonchev–Trinajstić information content (AvgIpc) is 2.74. The minimum atomic E-state index is 0.497. The molecular weight excluding hydrogens is 184 g/mol. The number of fused-ring (bicyclic) bond motifs is 2.